The van der Waals surface area contributed by atoms with Crippen molar-refractivity contribution in [3.8, 4) is 0 Å². The van der Waals surface area contributed by atoms with Crippen molar-refractivity contribution >= 4 is 11.6 Å². The molecule has 0 spiro atoms. The largest absolute Gasteiger partial charge is 0.383 e. The van der Waals surface area contributed by atoms with Crippen molar-refractivity contribution in [2.45, 2.75) is 32.7 Å². The molecule has 0 saturated carbocycles. The topological polar surface area (TPSA) is 58.3 Å². The average molecular weight is 249 g/mol. The van der Waals surface area contributed by atoms with Crippen LogP contribution in [-0.4, -0.2) is 47.6 Å². The van der Waals surface area contributed by atoms with Gasteiger partial charge in [0.15, 0.2) is 0 Å². The maximum Gasteiger partial charge on any atom is 0.136 e. The number of nitrogen functional groups attached to an aromatic ring is 1. The molecule has 18 heavy (non-hydrogen) atoms. The van der Waals surface area contributed by atoms with Gasteiger partial charge in [-0.25, -0.2) is 9.97 Å². The van der Waals surface area contributed by atoms with Gasteiger partial charge in [0, 0.05) is 25.2 Å². The van der Waals surface area contributed by atoms with E-state index < -0.39 is 0 Å². The van der Waals surface area contributed by atoms with Gasteiger partial charge < -0.3 is 10.6 Å². The number of likely N-dealkylation sites (N-methyl/N-ethyl adjacent to an activating group) is 2. The predicted octanol–water partition coefficient (Wildman–Crippen LogP) is 1.29. The Balaban J connectivity index is 2.07. The Morgan fingerprint density at radius 3 is 3.00 bits per heavy atom. The van der Waals surface area contributed by atoms with E-state index in [0.717, 1.165) is 24.5 Å². The van der Waals surface area contributed by atoms with Crippen LogP contribution in [0.3, 0.4) is 0 Å². The Bertz CT molecular complexity index is 406. The predicted molar refractivity (Wildman–Crippen MR) is 74.7 cm³/mol. The maximum atomic E-state index is 5.83. The second-order valence-electron chi connectivity index (χ2n) is 5.01. The van der Waals surface area contributed by atoms with Crippen LogP contribution >= 0.6 is 0 Å². The molecule has 5 nitrogen and oxygen atoms in total. The van der Waals surface area contributed by atoms with E-state index in [1.54, 1.807) is 6.33 Å². The second kappa shape index (κ2) is 5.52. The average Bonchev–Trinajstić information content (AvgIpc) is 2.79. The molecule has 1 aromatic heterocycles. The van der Waals surface area contributed by atoms with Crippen molar-refractivity contribution in [2.75, 3.05) is 37.3 Å². The molecule has 0 aromatic carbocycles. The lowest BCUT2D eigenvalue weighted by molar-refractivity contribution is 0.270. The molecule has 1 fully saturated rings. The summed E-state index contributed by atoms with van der Waals surface area (Å²) in [5, 5.41) is 0. The van der Waals surface area contributed by atoms with Gasteiger partial charge in [-0.2, -0.15) is 0 Å². The van der Waals surface area contributed by atoms with E-state index in [-0.39, 0.29) is 0 Å². The molecule has 2 heterocycles. The van der Waals surface area contributed by atoms with Gasteiger partial charge in [-0.3, -0.25) is 4.90 Å². The summed E-state index contributed by atoms with van der Waals surface area (Å²) in [6.45, 7) is 7.56. The highest BCUT2D eigenvalue weighted by Gasteiger charge is 2.25. The molecule has 1 aliphatic heterocycles. The van der Waals surface area contributed by atoms with Gasteiger partial charge in [-0.1, -0.05) is 6.92 Å². The first-order chi connectivity index (χ1) is 8.63. The quantitative estimate of drug-likeness (QED) is 0.871. The van der Waals surface area contributed by atoms with Crippen molar-refractivity contribution in [3.05, 3.63) is 11.9 Å². The van der Waals surface area contributed by atoms with Gasteiger partial charge in [0.25, 0.3) is 0 Å². The SMILES string of the molecule is CCN1CCCC1CN(C)c1ncnc(N)c1C. The summed E-state index contributed by atoms with van der Waals surface area (Å²) in [6.07, 6.45) is 4.12. The number of nitrogens with zero attached hydrogens (tertiary/aromatic N) is 4. The van der Waals surface area contributed by atoms with E-state index in [1.807, 2.05) is 6.92 Å². The highest BCUT2D eigenvalue weighted by Crippen LogP contribution is 2.22. The van der Waals surface area contributed by atoms with Crippen LogP contribution in [0.1, 0.15) is 25.3 Å². The maximum absolute atomic E-state index is 5.83. The minimum Gasteiger partial charge on any atom is -0.383 e. The van der Waals surface area contributed by atoms with E-state index in [0.29, 0.717) is 11.9 Å². The first kappa shape index (κ1) is 13.1. The molecular weight excluding hydrogens is 226 g/mol. The number of nitrogens with two attached hydrogens (primary N) is 1. The van der Waals surface area contributed by atoms with Crippen LogP contribution in [0.5, 0.6) is 0 Å². The lowest BCUT2D eigenvalue weighted by Crippen LogP contribution is -2.39. The zero-order chi connectivity index (χ0) is 13.1. The number of rotatable bonds is 4. The molecule has 0 aliphatic carbocycles. The molecule has 5 heteroatoms. The number of anilines is 2. The van der Waals surface area contributed by atoms with Crippen molar-refractivity contribution < 1.29 is 0 Å². The molecule has 0 amide bonds. The fourth-order valence-corrected chi connectivity index (χ4v) is 2.76. The number of hydrogen-bond donors (Lipinski definition) is 1. The number of aromatic nitrogens is 2. The third-order valence-corrected chi connectivity index (χ3v) is 3.85. The fourth-order valence-electron chi connectivity index (χ4n) is 2.76. The molecule has 0 bridgehead atoms. The molecule has 1 aromatic rings. The second-order valence-corrected chi connectivity index (χ2v) is 5.01. The molecule has 1 aliphatic rings. The number of hydrogen-bond acceptors (Lipinski definition) is 5. The highest BCUT2D eigenvalue weighted by molar-refractivity contribution is 5.55. The monoisotopic (exact) mass is 249 g/mol. The molecular formula is C13H23N5. The summed E-state index contributed by atoms with van der Waals surface area (Å²) in [5.74, 6) is 1.52. The summed E-state index contributed by atoms with van der Waals surface area (Å²) in [5.41, 5.74) is 6.81. The first-order valence-corrected chi connectivity index (χ1v) is 6.65. The fraction of sp³-hybridized carbons (Fsp3) is 0.692. The van der Waals surface area contributed by atoms with Gasteiger partial charge in [0.2, 0.25) is 0 Å². The number of likely N-dealkylation sites (tertiary alicyclic amines) is 1. The molecule has 2 N–H and O–H groups in total. The van der Waals surface area contributed by atoms with E-state index in [1.165, 1.54) is 19.4 Å². The third-order valence-electron chi connectivity index (χ3n) is 3.85. The Kier molecular flexibility index (Phi) is 4.01. The molecule has 1 unspecified atom stereocenters. The van der Waals surface area contributed by atoms with Crippen LogP contribution in [0.25, 0.3) is 0 Å². The normalized spacial score (nSPS) is 20.3. The highest BCUT2D eigenvalue weighted by atomic mass is 15.2. The minimum atomic E-state index is 0.575. The van der Waals surface area contributed by atoms with Gasteiger partial charge in [0.1, 0.15) is 18.0 Å². The standard InChI is InChI=1S/C13H23N5/c1-4-18-7-5-6-11(18)8-17(3)13-10(2)12(14)15-9-16-13/h9,11H,4-8H2,1-3H3,(H2,14,15,16). The van der Waals surface area contributed by atoms with Crippen LogP contribution in [0.4, 0.5) is 11.6 Å². The molecule has 1 saturated heterocycles. The molecule has 1 atom stereocenters. The summed E-state index contributed by atoms with van der Waals surface area (Å²) in [4.78, 5) is 13.1. The Hall–Kier alpha value is -1.36. The van der Waals surface area contributed by atoms with Gasteiger partial charge in [-0.15, -0.1) is 0 Å². The smallest absolute Gasteiger partial charge is 0.136 e. The van der Waals surface area contributed by atoms with Gasteiger partial charge in [-0.05, 0) is 32.9 Å². The van der Waals surface area contributed by atoms with Crippen LogP contribution in [0.15, 0.2) is 6.33 Å². The lowest BCUT2D eigenvalue weighted by atomic mass is 10.2. The summed E-state index contributed by atoms with van der Waals surface area (Å²) < 4.78 is 0. The van der Waals surface area contributed by atoms with Crippen LogP contribution in [0, 0.1) is 6.92 Å². The Morgan fingerprint density at radius 2 is 2.28 bits per heavy atom. The van der Waals surface area contributed by atoms with Gasteiger partial charge in [0.05, 0.1) is 0 Å². The molecule has 2 rings (SSSR count). The summed E-state index contributed by atoms with van der Waals surface area (Å²) >= 11 is 0. The van der Waals surface area contributed by atoms with E-state index in [4.69, 9.17) is 5.73 Å². The van der Waals surface area contributed by atoms with Crippen LogP contribution < -0.4 is 10.6 Å². The van der Waals surface area contributed by atoms with E-state index in [2.05, 4.69) is 33.7 Å². The van der Waals surface area contributed by atoms with Gasteiger partial charge >= 0.3 is 0 Å². The Labute approximate surface area is 109 Å². The van der Waals surface area contributed by atoms with Crippen LogP contribution in [-0.2, 0) is 0 Å². The van der Waals surface area contributed by atoms with Crippen molar-refractivity contribution in [3.63, 3.8) is 0 Å². The van der Waals surface area contributed by atoms with E-state index in [9.17, 15) is 0 Å². The zero-order valence-electron chi connectivity index (χ0n) is 11.6. The molecule has 100 valence electrons. The van der Waals surface area contributed by atoms with Crippen molar-refractivity contribution in [2.24, 2.45) is 0 Å². The van der Waals surface area contributed by atoms with Crippen molar-refractivity contribution in [1.82, 2.24) is 14.9 Å². The van der Waals surface area contributed by atoms with Crippen LogP contribution in [0.2, 0.25) is 0 Å². The lowest BCUT2D eigenvalue weighted by Gasteiger charge is -2.29. The first-order valence-electron chi connectivity index (χ1n) is 6.65. The van der Waals surface area contributed by atoms with Crippen molar-refractivity contribution in [1.29, 1.82) is 0 Å². The summed E-state index contributed by atoms with van der Waals surface area (Å²) in [6, 6.07) is 0.635. The molecule has 0 radical (unpaired) electrons. The third kappa shape index (κ3) is 2.56. The zero-order valence-corrected chi connectivity index (χ0v) is 11.6. The Morgan fingerprint density at radius 1 is 1.50 bits per heavy atom. The minimum absolute atomic E-state index is 0.575. The van der Waals surface area contributed by atoms with E-state index >= 15 is 0 Å². The summed E-state index contributed by atoms with van der Waals surface area (Å²) in [7, 11) is 2.08.